The molecule has 1 aliphatic carbocycles. The van der Waals surface area contributed by atoms with Gasteiger partial charge >= 0.3 is 0 Å². The van der Waals surface area contributed by atoms with Crippen LogP contribution in [0.15, 0.2) is 53.0 Å². The summed E-state index contributed by atoms with van der Waals surface area (Å²) < 4.78 is 21.2. The summed E-state index contributed by atoms with van der Waals surface area (Å²) in [6.45, 7) is 0. The van der Waals surface area contributed by atoms with Gasteiger partial charge < -0.3 is 14.5 Å². The number of halogens is 1. The first-order valence-corrected chi connectivity index (χ1v) is 11.9. The van der Waals surface area contributed by atoms with Gasteiger partial charge in [-0.15, -0.1) is 0 Å². The fraction of sp³-hybridized carbons (Fsp3) is 0.429. The van der Waals surface area contributed by atoms with Gasteiger partial charge in [-0.2, -0.15) is 0 Å². The van der Waals surface area contributed by atoms with E-state index in [0.29, 0.717) is 10.9 Å². The Kier molecular flexibility index (Phi) is 6.80. The third-order valence-electron chi connectivity index (χ3n) is 5.07. The average molecular weight is 452 g/mol. The summed E-state index contributed by atoms with van der Waals surface area (Å²) in [4.78, 5) is 1.99. The number of anilines is 1. The Morgan fingerprint density at radius 3 is 2.19 bits per heavy atom. The van der Waals surface area contributed by atoms with Crippen molar-refractivity contribution in [1.29, 1.82) is 0 Å². The molecule has 2 aromatic carbocycles. The minimum atomic E-state index is -3.50. The van der Waals surface area contributed by atoms with Crippen molar-refractivity contribution in [3.8, 4) is 0 Å². The normalized spacial score (nSPS) is 18.7. The van der Waals surface area contributed by atoms with Crippen molar-refractivity contribution in [3.63, 3.8) is 0 Å². The summed E-state index contributed by atoms with van der Waals surface area (Å²) in [6.07, 6.45) is 5.08. The smallest absolute Gasteiger partial charge is 0.264 e. The maximum Gasteiger partial charge on any atom is 0.264 e. The van der Waals surface area contributed by atoms with Gasteiger partial charge in [0.05, 0.1) is 6.10 Å². The highest BCUT2D eigenvalue weighted by molar-refractivity contribution is 9.10. The molecule has 0 heterocycles. The van der Waals surface area contributed by atoms with Gasteiger partial charge in [0.1, 0.15) is 0 Å². The molecule has 4 nitrogen and oxygen atoms in total. The first-order chi connectivity index (χ1) is 12.9. The molecule has 1 aliphatic rings. The van der Waals surface area contributed by atoms with Crippen LogP contribution in [0.2, 0.25) is 0 Å². The topological polar surface area (TPSA) is 49.8 Å². The van der Waals surface area contributed by atoms with Gasteiger partial charge in [-0.25, -0.2) is 0 Å². The van der Waals surface area contributed by atoms with Crippen LogP contribution in [0.25, 0.3) is 0 Å². The summed E-state index contributed by atoms with van der Waals surface area (Å²) >= 11 is 3.40. The van der Waals surface area contributed by atoms with Crippen LogP contribution in [-0.2, 0) is 9.09 Å². The maximum atomic E-state index is 14.1. The van der Waals surface area contributed by atoms with Crippen LogP contribution in [0.5, 0.6) is 0 Å². The van der Waals surface area contributed by atoms with E-state index in [0.717, 1.165) is 35.8 Å². The summed E-state index contributed by atoms with van der Waals surface area (Å²) in [6, 6.07) is 14.7. The third kappa shape index (κ3) is 4.83. The second-order valence-electron chi connectivity index (χ2n) is 7.30. The van der Waals surface area contributed by atoms with Crippen molar-refractivity contribution >= 4 is 34.3 Å². The molecule has 0 saturated heterocycles. The van der Waals surface area contributed by atoms with Crippen LogP contribution in [0, 0.1) is 0 Å². The SMILES string of the molecule is CN(C)c1ccc([P@@](=O)(OC2CCCCC2)[C@H](O)c2ccc(Br)cc2)cc1. The lowest BCUT2D eigenvalue weighted by Crippen LogP contribution is -2.22. The molecule has 0 aliphatic heterocycles. The van der Waals surface area contributed by atoms with Gasteiger partial charge in [0.15, 0.2) is 5.85 Å². The lowest BCUT2D eigenvalue weighted by molar-refractivity contribution is 0.137. The molecular formula is C21H27BrNO3P. The molecule has 3 rings (SSSR count). The summed E-state index contributed by atoms with van der Waals surface area (Å²) in [5.74, 6) is -1.18. The third-order valence-corrected chi connectivity index (χ3v) is 8.17. The predicted molar refractivity (Wildman–Crippen MR) is 115 cm³/mol. The fourth-order valence-electron chi connectivity index (χ4n) is 3.44. The van der Waals surface area contributed by atoms with Gasteiger partial charge in [-0.05, 0) is 54.8 Å². The number of hydrogen-bond acceptors (Lipinski definition) is 4. The Balaban J connectivity index is 1.96. The maximum absolute atomic E-state index is 14.1. The molecule has 0 spiro atoms. The monoisotopic (exact) mass is 451 g/mol. The summed E-state index contributed by atoms with van der Waals surface area (Å²) in [5.41, 5.74) is 1.62. The lowest BCUT2D eigenvalue weighted by Gasteiger charge is -2.31. The summed E-state index contributed by atoms with van der Waals surface area (Å²) in [7, 11) is 0.428. The molecule has 0 unspecified atom stereocenters. The van der Waals surface area contributed by atoms with Crippen LogP contribution in [0.4, 0.5) is 5.69 Å². The number of nitrogens with zero attached hydrogens (tertiary/aromatic N) is 1. The lowest BCUT2D eigenvalue weighted by atomic mass is 9.98. The largest absolute Gasteiger partial charge is 0.378 e. The first-order valence-electron chi connectivity index (χ1n) is 9.40. The molecule has 6 heteroatoms. The number of benzene rings is 2. The van der Waals surface area contributed by atoms with Gasteiger partial charge in [0.2, 0.25) is 0 Å². The number of hydrogen-bond donors (Lipinski definition) is 1. The van der Waals surface area contributed by atoms with E-state index in [-0.39, 0.29) is 6.10 Å². The van der Waals surface area contributed by atoms with E-state index in [1.54, 1.807) is 12.1 Å². The molecule has 2 aromatic rings. The molecule has 2 atom stereocenters. The zero-order valence-electron chi connectivity index (χ0n) is 15.8. The van der Waals surface area contributed by atoms with Gasteiger partial charge in [-0.1, -0.05) is 47.3 Å². The van der Waals surface area contributed by atoms with E-state index in [4.69, 9.17) is 4.52 Å². The molecule has 0 aromatic heterocycles. The highest BCUT2D eigenvalue weighted by Crippen LogP contribution is 2.59. The minimum absolute atomic E-state index is 0.0665. The Bertz CT molecular complexity index is 786. The molecule has 0 amide bonds. The van der Waals surface area contributed by atoms with E-state index in [1.165, 1.54) is 6.42 Å². The van der Waals surface area contributed by atoms with E-state index in [9.17, 15) is 9.67 Å². The molecule has 0 bridgehead atoms. The molecule has 1 fully saturated rings. The molecule has 27 heavy (non-hydrogen) atoms. The second-order valence-corrected chi connectivity index (χ2v) is 10.6. The summed E-state index contributed by atoms with van der Waals surface area (Å²) in [5, 5.41) is 11.6. The highest BCUT2D eigenvalue weighted by atomic mass is 79.9. The van der Waals surface area contributed by atoms with Crippen molar-refractivity contribution in [2.45, 2.75) is 44.1 Å². The van der Waals surface area contributed by atoms with Crippen LogP contribution in [0.1, 0.15) is 43.5 Å². The quantitative estimate of drug-likeness (QED) is 0.592. The number of aliphatic hydroxyl groups excluding tert-OH is 1. The molecular weight excluding hydrogens is 425 g/mol. The highest BCUT2D eigenvalue weighted by Gasteiger charge is 2.39. The van der Waals surface area contributed by atoms with Crippen LogP contribution in [-0.4, -0.2) is 25.3 Å². The van der Waals surface area contributed by atoms with Crippen LogP contribution in [0.3, 0.4) is 0 Å². The van der Waals surface area contributed by atoms with E-state index in [1.807, 2.05) is 55.4 Å². The standard InChI is InChI=1S/C21H27BrNO3P/c1-23(2)18-12-14-20(15-13-18)27(25,26-19-6-4-3-5-7-19)21(24)16-8-10-17(22)11-9-16/h8-15,19,21,24H,3-7H2,1-2H3/t21-,27+/m0/s1. The van der Waals surface area contributed by atoms with E-state index >= 15 is 0 Å². The van der Waals surface area contributed by atoms with E-state index < -0.39 is 13.2 Å². The van der Waals surface area contributed by atoms with Crippen molar-refractivity contribution in [2.75, 3.05) is 19.0 Å². The van der Waals surface area contributed by atoms with Crippen molar-refractivity contribution in [3.05, 3.63) is 58.6 Å². The Morgan fingerprint density at radius 1 is 1.04 bits per heavy atom. The zero-order chi connectivity index (χ0) is 19.4. The Morgan fingerprint density at radius 2 is 1.63 bits per heavy atom. The average Bonchev–Trinajstić information content (AvgIpc) is 2.69. The molecule has 1 saturated carbocycles. The predicted octanol–water partition coefficient (Wildman–Crippen LogP) is 5.46. The van der Waals surface area contributed by atoms with Crippen molar-refractivity contribution in [1.82, 2.24) is 0 Å². The van der Waals surface area contributed by atoms with Crippen molar-refractivity contribution in [2.24, 2.45) is 0 Å². The molecule has 146 valence electrons. The zero-order valence-corrected chi connectivity index (χ0v) is 18.3. The minimum Gasteiger partial charge on any atom is -0.378 e. The van der Waals surface area contributed by atoms with Crippen molar-refractivity contribution < 1.29 is 14.2 Å². The number of aliphatic hydroxyl groups is 1. The number of rotatable bonds is 6. The van der Waals surface area contributed by atoms with Gasteiger partial charge in [0.25, 0.3) is 7.37 Å². The Labute approximate surface area is 170 Å². The van der Waals surface area contributed by atoms with Crippen LogP contribution >= 0.6 is 23.3 Å². The molecule has 1 N–H and O–H groups in total. The molecule has 0 radical (unpaired) electrons. The van der Waals surface area contributed by atoms with Gasteiger partial charge in [0, 0.05) is 29.6 Å². The second kappa shape index (κ2) is 8.91. The van der Waals surface area contributed by atoms with Gasteiger partial charge in [-0.3, -0.25) is 4.57 Å². The fourth-order valence-corrected chi connectivity index (χ4v) is 6.01. The van der Waals surface area contributed by atoms with Crippen LogP contribution < -0.4 is 10.2 Å². The first kappa shape index (κ1) is 20.6. The van der Waals surface area contributed by atoms with E-state index in [2.05, 4.69) is 15.9 Å². The Hall–Kier alpha value is -1.13.